The van der Waals surface area contributed by atoms with Gasteiger partial charge in [-0.15, -0.1) is 11.6 Å². The van der Waals surface area contributed by atoms with Crippen LogP contribution in [0.15, 0.2) is 12.3 Å². The smallest absolute Gasteiger partial charge is 0.164 e. The summed E-state index contributed by atoms with van der Waals surface area (Å²) >= 11 is 6.10. The van der Waals surface area contributed by atoms with Gasteiger partial charge in [0.25, 0.3) is 0 Å². The van der Waals surface area contributed by atoms with E-state index in [0.29, 0.717) is 6.04 Å². The lowest BCUT2D eigenvalue weighted by atomic mass is 10.1. The number of rotatable bonds is 3. The van der Waals surface area contributed by atoms with Crippen LogP contribution >= 0.6 is 11.6 Å². The first kappa shape index (κ1) is 11.5. The van der Waals surface area contributed by atoms with Crippen LogP contribution in [-0.4, -0.2) is 22.3 Å². The molecule has 4 heteroatoms. The van der Waals surface area contributed by atoms with Crippen LogP contribution in [0.1, 0.15) is 38.4 Å². The Labute approximate surface area is 101 Å². The van der Waals surface area contributed by atoms with Crippen molar-refractivity contribution in [3.63, 3.8) is 0 Å². The first-order valence-corrected chi connectivity index (χ1v) is 6.03. The summed E-state index contributed by atoms with van der Waals surface area (Å²) in [7, 11) is 1.68. The van der Waals surface area contributed by atoms with Crippen molar-refractivity contribution in [2.45, 2.75) is 38.1 Å². The second kappa shape index (κ2) is 4.50. The van der Waals surface area contributed by atoms with E-state index in [0.717, 1.165) is 24.3 Å². The molecule has 1 aliphatic carbocycles. The molecule has 1 aliphatic rings. The Bertz CT molecular complexity index is 409. The van der Waals surface area contributed by atoms with Gasteiger partial charge in [0.05, 0.1) is 18.7 Å². The Balaban J connectivity index is 2.44. The maximum Gasteiger partial charge on any atom is 0.164 e. The fourth-order valence-electron chi connectivity index (χ4n) is 2.07. The molecule has 0 saturated heterocycles. The van der Waals surface area contributed by atoms with E-state index in [-0.39, 0.29) is 5.38 Å². The zero-order chi connectivity index (χ0) is 11.7. The highest BCUT2D eigenvalue weighted by Gasteiger charge is 2.22. The van der Waals surface area contributed by atoms with Crippen molar-refractivity contribution in [1.29, 1.82) is 0 Å². The average Bonchev–Trinajstić information content (AvgIpc) is 2.82. The van der Waals surface area contributed by atoms with Crippen molar-refractivity contribution in [2.24, 2.45) is 0 Å². The van der Waals surface area contributed by atoms with Gasteiger partial charge in [-0.2, -0.15) is 5.10 Å². The molecule has 16 heavy (non-hydrogen) atoms. The summed E-state index contributed by atoms with van der Waals surface area (Å²) in [6, 6.07) is 0.328. The number of nitrogens with zero attached hydrogens (tertiary/aromatic N) is 2. The molecular formula is C12H17ClN2O. The molecule has 0 aromatic carbocycles. The normalized spacial score (nSPS) is 20.3. The summed E-state index contributed by atoms with van der Waals surface area (Å²) in [6.45, 7) is 4.23. The van der Waals surface area contributed by atoms with Crippen molar-refractivity contribution in [1.82, 2.24) is 9.78 Å². The van der Waals surface area contributed by atoms with Crippen molar-refractivity contribution >= 4 is 17.2 Å². The standard InChI is InChI=1S/C12H17ClN2O/c1-8(2)15-12(11(16-3)7-14-15)9-4-5-10(13)6-9/h6-8,10H,4-5H2,1-3H3. The lowest BCUT2D eigenvalue weighted by Crippen LogP contribution is -2.07. The first-order valence-electron chi connectivity index (χ1n) is 5.60. The Morgan fingerprint density at radius 2 is 2.31 bits per heavy atom. The molecule has 0 amide bonds. The largest absolute Gasteiger partial charge is 0.493 e. The molecule has 88 valence electrons. The predicted octanol–water partition coefficient (Wildman–Crippen LogP) is 3.26. The summed E-state index contributed by atoms with van der Waals surface area (Å²) in [6.07, 6.45) is 5.89. The predicted molar refractivity (Wildman–Crippen MR) is 66.0 cm³/mol. The highest BCUT2D eigenvalue weighted by atomic mass is 35.5. The van der Waals surface area contributed by atoms with E-state index in [2.05, 4.69) is 25.0 Å². The van der Waals surface area contributed by atoms with E-state index in [1.54, 1.807) is 13.3 Å². The molecular weight excluding hydrogens is 224 g/mol. The van der Waals surface area contributed by atoms with Gasteiger partial charge >= 0.3 is 0 Å². The maximum atomic E-state index is 6.10. The van der Waals surface area contributed by atoms with Crippen molar-refractivity contribution < 1.29 is 4.74 Å². The summed E-state index contributed by atoms with van der Waals surface area (Å²) in [4.78, 5) is 0. The van der Waals surface area contributed by atoms with Gasteiger partial charge in [0.1, 0.15) is 5.69 Å². The van der Waals surface area contributed by atoms with Crippen LogP contribution in [0, 0.1) is 0 Å². The lowest BCUT2D eigenvalue weighted by molar-refractivity contribution is 0.410. The average molecular weight is 241 g/mol. The molecule has 0 saturated carbocycles. The monoisotopic (exact) mass is 240 g/mol. The number of hydrogen-bond acceptors (Lipinski definition) is 2. The molecule has 2 rings (SSSR count). The molecule has 0 fully saturated rings. The van der Waals surface area contributed by atoms with Crippen LogP contribution in [0.5, 0.6) is 5.75 Å². The molecule has 0 bridgehead atoms. The van der Waals surface area contributed by atoms with E-state index in [1.807, 2.05) is 4.68 Å². The fraction of sp³-hybridized carbons (Fsp3) is 0.583. The number of methoxy groups -OCH3 is 1. The van der Waals surface area contributed by atoms with E-state index in [4.69, 9.17) is 16.3 Å². The van der Waals surface area contributed by atoms with Gasteiger partial charge in [0, 0.05) is 6.04 Å². The van der Waals surface area contributed by atoms with Gasteiger partial charge < -0.3 is 4.74 Å². The van der Waals surface area contributed by atoms with Gasteiger partial charge in [-0.3, -0.25) is 4.68 Å². The van der Waals surface area contributed by atoms with Gasteiger partial charge in [0.2, 0.25) is 0 Å². The summed E-state index contributed by atoms with van der Waals surface area (Å²) in [5.41, 5.74) is 2.34. The Kier molecular flexibility index (Phi) is 3.24. The zero-order valence-corrected chi connectivity index (χ0v) is 10.7. The van der Waals surface area contributed by atoms with E-state index in [1.165, 1.54) is 5.57 Å². The molecule has 1 heterocycles. The van der Waals surface area contributed by atoms with Gasteiger partial charge in [0.15, 0.2) is 5.75 Å². The molecule has 0 N–H and O–H groups in total. The third-order valence-electron chi connectivity index (χ3n) is 2.85. The van der Waals surface area contributed by atoms with E-state index >= 15 is 0 Å². The van der Waals surface area contributed by atoms with Crippen molar-refractivity contribution in [3.05, 3.63) is 18.0 Å². The lowest BCUT2D eigenvalue weighted by Gasteiger charge is -2.12. The van der Waals surface area contributed by atoms with Crippen molar-refractivity contribution in [2.75, 3.05) is 7.11 Å². The maximum absolute atomic E-state index is 6.10. The third-order valence-corrected chi connectivity index (χ3v) is 3.19. The highest BCUT2D eigenvalue weighted by Crippen LogP contribution is 2.36. The second-order valence-corrected chi connectivity index (χ2v) is 4.91. The molecule has 3 nitrogen and oxygen atoms in total. The highest BCUT2D eigenvalue weighted by molar-refractivity contribution is 6.22. The van der Waals surface area contributed by atoms with Crippen LogP contribution < -0.4 is 4.74 Å². The van der Waals surface area contributed by atoms with Gasteiger partial charge in [-0.05, 0) is 32.3 Å². The second-order valence-electron chi connectivity index (χ2n) is 4.35. The molecule has 1 unspecified atom stereocenters. The number of halogens is 1. The minimum Gasteiger partial charge on any atom is -0.493 e. The number of ether oxygens (including phenoxy) is 1. The van der Waals surface area contributed by atoms with Crippen LogP contribution in [0.4, 0.5) is 0 Å². The topological polar surface area (TPSA) is 27.1 Å². The number of hydrogen-bond donors (Lipinski definition) is 0. The number of aromatic nitrogens is 2. The minimum absolute atomic E-state index is 0.148. The van der Waals surface area contributed by atoms with E-state index < -0.39 is 0 Å². The summed E-state index contributed by atoms with van der Waals surface area (Å²) < 4.78 is 7.36. The fourth-order valence-corrected chi connectivity index (χ4v) is 2.33. The molecule has 1 atom stereocenters. The molecule has 0 aliphatic heterocycles. The van der Waals surface area contributed by atoms with Crippen molar-refractivity contribution in [3.8, 4) is 5.75 Å². The molecule has 0 spiro atoms. The first-order chi connectivity index (χ1) is 7.63. The van der Waals surface area contributed by atoms with Crippen LogP contribution in [0.2, 0.25) is 0 Å². The summed E-state index contributed by atoms with van der Waals surface area (Å²) in [5, 5.41) is 4.51. The van der Waals surface area contributed by atoms with Crippen LogP contribution in [0.3, 0.4) is 0 Å². The SMILES string of the molecule is COc1cnn(C(C)C)c1C1=CC(Cl)CC1. The van der Waals surface area contributed by atoms with Crippen LogP contribution in [-0.2, 0) is 0 Å². The van der Waals surface area contributed by atoms with Crippen LogP contribution in [0.25, 0.3) is 5.57 Å². The minimum atomic E-state index is 0.148. The molecule has 1 aromatic heterocycles. The van der Waals surface area contributed by atoms with Gasteiger partial charge in [-0.1, -0.05) is 6.08 Å². The molecule has 0 radical (unpaired) electrons. The Morgan fingerprint density at radius 1 is 1.56 bits per heavy atom. The van der Waals surface area contributed by atoms with E-state index in [9.17, 15) is 0 Å². The third kappa shape index (κ3) is 1.96. The van der Waals surface area contributed by atoms with Gasteiger partial charge in [-0.25, -0.2) is 0 Å². The molecule has 1 aromatic rings. The number of allylic oxidation sites excluding steroid dienone is 2. The quantitative estimate of drug-likeness (QED) is 0.759. The Hall–Kier alpha value is -0.960. The number of alkyl halides is 1. The Morgan fingerprint density at radius 3 is 2.81 bits per heavy atom. The summed E-state index contributed by atoms with van der Waals surface area (Å²) in [5.74, 6) is 0.839. The zero-order valence-electron chi connectivity index (χ0n) is 9.90.